The highest BCUT2D eigenvalue weighted by Crippen LogP contribution is 2.26. The normalized spacial score (nSPS) is 11.1. The molecule has 0 amide bonds. The Hall–Kier alpha value is -3.51. The molecule has 9 heteroatoms. The number of hydrogen-bond acceptors (Lipinski definition) is 6. The van der Waals surface area contributed by atoms with Crippen molar-refractivity contribution in [3.05, 3.63) is 59.8 Å². The van der Waals surface area contributed by atoms with Crippen molar-refractivity contribution < 1.29 is 8.42 Å². The molecule has 0 spiro atoms. The Bertz CT molecular complexity index is 1110. The van der Waals surface area contributed by atoms with E-state index in [1.165, 1.54) is 41.2 Å². The third-order valence-corrected chi connectivity index (χ3v) is 5.17. The van der Waals surface area contributed by atoms with Gasteiger partial charge in [0.25, 0.3) is 10.0 Å². The summed E-state index contributed by atoms with van der Waals surface area (Å²) < 4.78 is 28.9. The van der Waals surface area contributed by atoms with Gasteiger partial charge < -0.3 is 11.5 Å². The van der Waals surface area contributed by atoms with Gasteiger partial charge in [0.1, 0.15) is 17.5 Å². The molecule has 2 aromatic carbocycles. The van der Waals surface area contributed by atoms with Gasteiger partial charge in [0.15, 0.2) is 0 Å². The minimum Gasteiger partial charge on any atom is -0.397 e. The second-order valence-corrected chi connectivity index (χ2v) is 7.34. The quantitative estimate of drug-likeness (QED) is 0.602. The van der Waals surface area contributed by atoms with E-state index in [2.05, 4.69) is 9.82 Å². The van der Waals surface area contributed by atoms with E-state index in [1.54, 1.807) is 12.1 Å². The maximum absolute atomic E-state index is 12.5. The van der Waals surface area contributed by atoms with Gasteiger partial charge in [-0.05, 0) is 37.3 Å². The number of nitriles is 1. The lowest BCUT2D eigenvalue weighted by Gasteiger charge is -2.12. The maximum atomic E-state index is 12.5. The highest BCUT2D eigenvalue weighted by Gasteiger charge is 2.16. The number of nitrogens with two attached hydrogens (primary N) is 2. The highest BCUT2D eigenvalue weighted by atomic mass is 32.2. The summed E-state index contributed by atoms with van der Waals surface area (Å²) in [6.07, 6.45) is 1.32. The number of anilines is 3. The largest absolute Gasteiger partial charge is 0.397 e. The van der Waals surface area contributed by atoms with Crippen molar-refractivity contribution >= 4 is 27.2 Å². The molecule has 8 nitrogen and oxygen atoms in total. The predicted molar refractivity (Wildman–Crippen MR) is 99.1 cm³/mol. The van der Waals surface area contributed by atoms with Crippen LogP contribution in [0.2, 0.25) is 0 Å². The number of nitrogen functional groups attached to an aromatic ring is 2. The first-order chi connectivity index (χ1) is 12.3. The smallest absolute Gasteiger partial charge is 0.261 e. The lowest BCUT2D eigenvalue weighted by molar-refractivity contribution is 0.601. The molecule has 1 aromatic heterocycles. The van der Waals surface area contributed by atoms with Crippen molar-refractivity contribution in [3.63, 3.8) is 0 Å². The lowest BCUT2D eigenvalue weighted by atomic mass is 10.2. The van der Waals surface area contributed by atoms with E-state index in [4.69, 9.17) is 16.7 Å². The third kappa shape index (κ3) is 3.18. The first-order valence-electron chi connectivity index (χ1n) is 7.55. The first kappa shape index (κ1) is 17.3. The molecule has 0 bridgehead atoms. The molecule has 26 heavy (non-hydrogen) atoms. The minimum atomic E-state index is -3.76. The summed E-state index contributed by atoms with van der Waals surface area (Å²) in [4.78, 5) is 0.145. The van der Waals surface area contributed by atoms with Gasteiger partial charge in [0.05, 0.1) is 28.2 Å². The molecule has 0 aliphatic heterocycles. The summed E-state index contributed by atoms with van der Waals surface area (Å²) in [6.45, 7) is 1.88. The number of nitrogens with zero attached hydrogens (tertiary/aromatic N) is 3. The van der Waals surface area contributed by atoms with Crippen molar-refractivity contribution in [3.8, 4) is 11.8 Å². The SMILES string of the molecule is Cc1ccc(S(=O)(=O)Nc2ccc(N)c(-n3ncc(C#N)c3N)c2)cc1. The Morgan fingerprint density at radius 2 is 1.85 bits per heavy atom. The van der Waals surface area contributed by atoms with Crippen molar-refractivity contribution in [1.29, 1.82) is 5.26 Å². The summed E-state index contributed by atoms with van der Waals surface area (Å²) in [5.41, 5.74) is 14.0. The first-order valence-corrected chi connectivity index (χ1v) is 9.03. The van der Waals surface area contributed by atoms with Gasteiger partial charge in [-0.2, -0.15) is 10.4 Å². The summed E-state index contributed by atoms with van der Waals surface area (Å²) in [7, 11) is -3.76. The fourth-order valence-corrected chi connectivity index (χ4v) is 3.41. The number of benzene rings is 2. The van der Waals surface area contributed by atoms with Gasteiger partial charge in [-0.15, -0.1) is 0 Å². The van der Waals surface area contributed by atoms with E-state index in [9.17, 15) is 8.42 Å². The van der Waals surface area contributed by atoms with Crippen LogP contribution in [-0.4, -0.2) is 18.2 Å². The molecule has 0 aliphatic rings. The van der Waals surface area contributed by atoms with E-state index in [1.807, 2.05) is 13.0 Å². The van der Waals surface area contributed by atoms with Gasteiger partial charge in [-0.25, -0.2) is 13.1 Å². The van der Waals surface area contributed by atoms with Crippen LogP contribution in [0, 0.1) is 18.3 Å². The fourth-order valence-electron chi connectivity index (χ4n) is 2.36. The monoisotopic (exact) mass is 368 g/mol. The number of nitrogens with one attached hydrogen (secondary N) is 1. The van der Waals surface area contributed by atoms with Crippen LogP contribution >= 0.6 is 0 Å². The molecular formula is C17H16N6O2S. The molecule has 1 heterocycles. The molecule has 0 aliphatic carbocycles. The number of hydrogen-bond donors (Lipinski definition) is 3. The fraction of sp³-hybridized carbons (Fsp3) is 0.0588. The predicted octanol–water partition coefficient (Wildman–Crippen LogP) is 2.02. The zero-order chi connectivity index (χ0) is 18.9. The molecule has 0 saturated heterocycles. The van der Waals surface area contributed by atoms with Crippen LogP contribution in [-0.2, 0) is 10.0 Å². The van der Waals surface area contributed by atoms with Crippen LogP contribution in [0.4, 0.5) is 17.2 Å². The second-order valence-electron chi connectivity index (χ2n) is 5.66. The van der Waals surface area contributed by atoms with Crippen molar-refractivity contribution in [2.45, 2.75) is 11.8 Å². The topological polar surface area (TPSA) is 140 Å². The summed E-state index contributed by atoms with van der Waals surface area (Å²) in [6, 6.07) is 13.0. The molecule has 132 valence electrons. The molecule has 0 fully saturated rings. The summed E-state index contributed by atoms with van der Waals surface area (Å²) in [5.74, 6) is 0.123. The van der Waals surface area contributed by atoms with Crippen LogP contribution < -0.4 is 16.2 Å². The van der Waals surface area contributed by atoms with E-state index in [-0.39, 0.29) is 16.3 Å². The zero-order valence-electron chi connectivity index (χ0n) is 13.8. The standard InChI is InChI=1S/C17H16N6O2S/c1-11-2-5-14(6-3-11)26(24,25)22-13-4-7-15(19)16(8-13)23-17(20)12(9-18)10-21-23/h2-8,10,22H,19-20H2,1H3. The molecule has 0 saturated carbocycles. The molecule has 3 rings (SSSR count). The molecule has 5 N–H and O–H groups in total. The van der Waals surface area contributed by atoms with E-state index in [0.717, 1.165) is 5.56 Å². The van der Waals surface area contributed by atoms with Crippen molar-refractivity contribution in [1.82, 2.24) is 9.78 Å². The minimum absolute atomic E-state index is 0.123. The van der Waals surface area contributed by atoms with Gasteiger partial charge in [0, 0.05) is 0 Å². The Morgan fingerprint density at radius 3 is 2.46 bits per heavy atom. The van der Waals surface area contributed by atoms with E-state index in [0.29, 0.717) is 17.1 Å². The van der Waals surface area contributed by atoms with E-state index >= 15 is 0 Å². The molecule has 3 aromatic rings. The summed E-state index contributed by atoms with van der Waals surface area (Å²) in [5, 5.41) is 13.0. The number of sulfonamides is 1. The number of aryl methyl sites for hydroxylation is 1. The van der Waals surface area contributed by atoms with Gasteiger partial charge in [-0.3, -0.25) is 4.72 Å². The highest BCUT2D eigenvalue weighted by molar-refractivity contribution is 7.92. The second kappa shape index (κ2) is 6.42. The van der Waals surface area contributed by atoms with Crippen molar-refractivity contribution in [2.24, 2.45) is 0 Å². The maximum Gasteiger partial charge on any atom is 0.261 e. The Labute approximate surface area is 150 Å². The zero-order valence-corrected chi connectivity index (χ0v) is 14.7. The summed E-state index contributed by atoms with van der Waals surface area (Å²) >= 11 is 0. The van der Waals surface area contributed by atoms with Crippen molar-refractivity contribution in [2.75, 3.05) is 16.2 Å². The lowest BCUT2D eigenvalue weighted by Crippen LogP contribution is -2.14. The molecular weight excluding hydrogens is 352 g/mol. The molecule has 0 atom stereocenters. The average molecular weight is 368 g/mol. The average Bonchev–Trinajstić information content (AvgIpc) is 2.97. The molecule has 0 unspecified atom stereocenters. The van der Waals surface area contributed by atoms with Crippen LogP contribution in [0.5, 0.6) is 0 Å². The van der Waals surface area contributed by atoms with Gasteiger partial charge >= 0.3 is 0 Å². The third-order valence-electron chi connectivity index (χ3n) is 3.77. The number of aromatic nitrogens is 2. The van der Waals surface area contributed by atoms with Crippen LogP contribution in [0.15, 0.2) is 53.6 Å². The van der Waals surface area contributed by atoms with Crippen LogP contribution in [0.25, 0.3) is 5.69 Å². The van der Waals surface area contributed by atoms with Crippen LogP contribution in [0.3, 0.4) is 0 Å². The Balaban J connectivity index is 1.99. The number of rotatable bonds is 4. The Kier molecular flexibility index (Phi) is 4.28. The van der Waals surface area contributed by atoms with E-state index < -0.39 is 10.0 Å². The van der Waals surface area contributed by atoms with Gasteiger partial charge in [-0.1, -0.05) is 17.7 Å². The van der Waals surface area contributed by atoms with Crippen LogP contribution in [0.1, 0.15) is 11.1 Å². The molecule has 0 radical (unpaired) electrons. The van der Waals surface area contributed by atoms with Gasteiger partial charge in [0.2, 0.25) is 0 Å². The Morgan fingerprint density at radius 1 is 1.15 bits per heavy atom.